The molecule has 1 aliphatic rings. The lowest BCUT2D eigenvalue weighted by Crippen LogP contribution is -2.51. The number of piperazine rings is 1. The van der Waals surface area contributed by atoms with Gasteiger partial charge in [-0.15, -0.1) is 0 Å². The van der Waals surface area contributed by atoms with Crippen molar-refractivity contribution in [2.45, 2.75) is 26.7 Å². The fraction of sp³-hybridized carbons (Fsp3) is 0.455. The molecule has 1 aliphatic heterocycles. The normalized spacial score (nSPS) is 15.3. The Morgan fingerprint density at radius 3 is 2.61 bits per heavy atom. The quantitative estimate of drug-likeness (QED) is 0.725. The molecular formula is C22H31N5O. The molecule has 2 N–H and O–H groups in total. The number of nitrogens with zero attached hydrogens (tertiary/aromatic N) is 3. The average Bonchev–Trinajstić information content (AvgIpc) is 3.04. The lowest BCUT2D eigenvalue weighted by Gasteiger charge is -2.34. The molecule has 6 heteroatoms. The van der Waals surface area contributed by atoms with Crippen molar-refractivity contribution in [3.05, 3.63) is 58.9 Å². The van der Waals surface area contributed by atoms with Crippen molar-refractivity contribution >= 4 is 12.1 Å². The van der Waals surface area contributed by atoms with Crippen LogP contribution in [0.1, 0.15) is 28.9 Å². The minimum absolute atomic E-state index is 0.0557. The molecule has 2 heterocycles. The summed E-state index contributed by atoms with van der Waals surface area (Å²) in [5, 5.41) is 10.3. The zero-order valence-corrected chi connectivity index (χ0v) is 16.9. The van der Waals surface area contributed by atoms with Gasteiger partial charge in [0.15, 0.2) is 0 Å². The van der Waals surface area contributed by atoms with Crippen LogP contribution < -0.4 is 5.32 Å². The van der Waals surface area contributed by atoms with Crippen molar-refractivity contribution < 1.29 is 4.79 Å². The lowest BCUT2D eigenvalue weighted by atomic mass is 10.1. The number of hydrogen-bond acceptors (Lipinski definition) is 3. The number of H-pyrrole nitrogens is 1. The van der Waals surface area contributed by atoms with Crippen LogP contribution in [0.15, 0.2) is 36.4 Å². The molecule has 6 nitrogen and oxygen atoms in total. The van der Waals surface area contributed by atoms with Crippen LogP contribution in [0, 0.1) is 13.8 Å². The van der Waals surface area contributed by atoms with Crippen molar-refractivity contribution in [1.29, 1.82) is 0 Å². The maximum atomic E-state index is 12.4. The van der Waals surface area contributed by atoms with E-state index < -0.39 is 0 Å². The number of urea groups is 1. The van der Waals surface area contributed by atoms with E-state index in [-0.39, 0.29) is 6.03 Å². The maximum absolute atomic E-state index is 12.4. The fourth-order valence-corrected chi connectivity index (χ4v) is 3.55. The van der Waals surface area contributed by atoms with Crippen LogP contribution in [-0.4, -0.2) is 65.3 Å². The number of rotatable bonds is 7. The highest BCUT2D eigenvalue weighted by atomic mass is 16.2. The van der Waals surface area contributed by atoms with Gasteiger partial charge in [-0.3, -0.25) is 10.00 Å². The van der Waals surface area contributed by atoms with Crippen molar-refractivity contribution in [3.63, 3.8) is 0 Å². The molecule has 1 fully saturated rings. The number of carbonyl (C=O) groups is 1. The molecule has 0 atom stereocenters. The number of aromatic nitrogens is 2. The molecule has 0 bridgehead atoms. The molecule has 0 aliphatic carbocycles. The summed E-state index contributed by atoms with van der Waals surface area (Å²) in [6.45, 7) is 9.08. The highest BCUT2D eigenvalue weighted by molar-refractivity contribution is 5.74. The Kier molecular flexibility index (Phi) is 7.25. The van der Waals surface area contributed by atoms with E-state index in [4.69, 9.17) is 0 Å². The minimum atomic E-state index is 0.0557. The van der Waals surface area contributed by atoms with E-state index >= 15 is 0 Å². The standard InChI is InChI=1S/C22H31N5O/c1-18-21(19(2)25-24-18)11-6-12-23-22(28)27-16-14-26(15-17-27)13-7-10-20-8-4-3-5-9-20/h3-5,7-10H,6,11-17H2,1-2H3,(H,23,28)(H,24,25). The van der Waals surface area contributed by atoms with Crippen LogP contribution in [0.4, 0.5) is 4.79 Å². The van der Waals surface area contributed by atoms with Crippen LogP contribution in [0.3, 0.4) is 0 Å². The molecule has 1 aromatic heterocycles. The first-order valence-corrected chi connectivity index (χ1v) is 10.1. The third kappa shape index (κ3) is 5.70. The number of carbonyl (C=O) groups excluding carboxylic acids is 1. The molecule has 1 aromatic carbocycles. The van der Waals surface area contributed by atoms with E-state index in [1.54, 1.807) is 0 Å². The number of amides is 2. The van der Waals surface area contributed by atoms with Gasteiger partial charge in [0.25, 0.3) is 0 Å². The second kappa shape index (κ2) is 10.1. The molecule has 0 unspecified atom stereocenters. The summed E-state index contributed by atoms with van der Waals surface area (Å²) in [7, 11) is 0. The molecule has 28 heavy (non-hydrogen) atoms. The second-order valence-electron chi connectivity index (χ2n) is 7.35. The molecule has 0 radical (unpaired) electrons. The van der Waals surface area contributed by atoms with Gasteiger partial charge in [-0.25, -0.2) is 4.79 Å². The third-order valence-corrected chi connectivity index (χ3v) is 5.29. The van der Waals surface area contributed by atoms with E-state index in [1.807, 2.05) is 24.8 Å². The largest absolute Gasteiger partial charge is 0.338 e. The predicted molar refractivity (Wildman–Crippen MR) is 113 cm³/mol. The first kappa shape index (κ1) is 20.1. The van der Waals surface area contributed by atoms with Crippen LogP contribution in [-0.2, 0) is 6.42 Å². The van der Waals surface area contributed by atoms with Gasteiger partial charge in [0.1, 0.15) is 0 Å². The summed E-state index contributed by atoms with van der Waals surface area (Å²) < 4.78 is 0. The average molecular weight is 382 g/mol. The molecule has 2 aromatic rings. The van der Waals surface area contributed by atoms with Gasteiger partial charge in [-0.2, -0.15) is 5.10 Å². The van der Waals surface area contributed by atoms with Crippen LogP contribution in [0.25, 0.3) is 6.08 Å². The number of nitrogens with one attached hydrogen (secondary N) is 2. The van der Waals surface area contributed by atoms with Crippen LogP contribution in [0.2, 0.25) is 0 Å². The Hall–Kier alpha value is -2.60. The van der Waals surface area contributed by atoms with Crippen molar-refractivity contribution in [1.82, 2.24) is 25.3 Å². The van der Waals surface area contributed by atoms with Gasteiger partial charge >= 0.3 is 6.03 Å². The number of benzene rings is 1. The predicted octanol–water partition coefficient (Wildman–Crippen LogP) is 3.00. The molecule has 3 rings (SSSR count). The first-order chi connectivity index (χ1) is 13.6. The summed E-state index contributed by atoms with van der Waals surface area (Å²) >= 11 is 0. The fourth-order valence-electron chi connectivity index (χ4n) is 3.55. The molecular weight excluding hydrogens is 350 g/mol. The summed E-state index contributed by atoms with van der Waals surface area (Å²) in [6.07, 6.45) is 6.22. The number of hydrogen-bond donors (Lipinski definition) is 2. The van der Waals surface area contributed by atoms with Gasteiger partial charge in [0, 0.05) is 45.0 Å². The summed E-state index contributed by atoms with van der Waals surface area (Å²) in [5.41, 5.74) is 4.68. The van der Waals surface area contributed by atoms with Gasteiger partial charge in [-0.1, -0.05) is 42.5 Å². The molecule has 150 valence electrons. The minimum Gasteiger partial charge on any atom is -0.338 e. The highest BCUT2D eigenvalue weighted by Gasteiger charge is 2.19. The Morgan fingerprint density at radius 1 is 1.18 bits per heavy atom. The zero-order valence-electron chi connectivity index (χ0n) is 16.9. The summed E-state index contributed by atoms with van der Waals surface area (Å²) in [4.78, 5) is 16.7. The van der Waals surface area contributed by atoms with Gasteiger partial charge in [0.2, 0.25) is 0 Å². The van der Waals surface area contributed by atoms with E-state index in [1.165, 1.54) is 11.1 Å². The Morgan fingerprint density at radius 2 is 1.93 bits per heavy atom. The van der Waals surface area contributed by atoms with Crippen LogP contribution in [0.5, 0.6) is 0 Å². The smallest absolute Gasteiger partial charge is 0.317 e. The van der Waals surface area contributed by atoms with Crippen molar-refractivity contribution in [3.8, 4) is 0 Å². The monoisotopic (exact) mass is 381 g/mol. The second-order valence-corrected chi connectivity index (χ2v) is 7.35. The van der Waals surface area contributed by atoms with Gasteiger partial charge in [-0.05, 0) is 37.8 Å². The maximum Gasteiger partial charge on any atom is 0.317 e. The Bertz CT molecular complexity index is 756. The zero-order chi connectivity index (χ0) is 19.8. The van der Waals surface area contributed by atoms with Crippen molar-refractivity contribution in [2.75, 3.05) is 39.3 Å². The third-order valence-electron chi connectivity index (χ3n) is 5.29. The van der Waals surface area contributed by atoms with Crippen LogP contribution >= 0.6 is 0 Å². The van der Waals surface area contributed by atoms with E-state index in [0.717, 1.165) is 57.0 Å². The molecule has 2 amide bonds. The van der Waals surface area contributed by atoms with Crippen molar-refractivity contribution in [2.24, 2.45) is 0 Å². The van der Waals surface area contributed by atoms with Gasteiger partial charge in [0.05, 0.1) is 5.69 Å². The molecule has 0 spiro atoms. The topological polar surface area (TPSA) is 64.3 Å². The number of aryl methyl sites for hydroxylation is 2. The summed E-state index contributed by atoms with van der Waals surface area (Å²) in [5.74, 6) is 0. The molecule has 0 saturated carbocycles. The van der Waals surface area contributed by atoms with Gasteiger partial charge < -0.3 is 10.2 Å². The SMILES string of the molecule is Cc1n[nH]c(C)c1CCCNC(=O)N1CCN(CC=Cc2ccccc2)CC1. The first-order valence-electron chi connectivity index (χ1n) is 10.1. The van der Waals surface area contributed by atoms with E-state index in [9.17, 15) is 4.79 Å². The highest BCUT2D eigenvalue weighted by Crippen LogP contribution is 2.11. The molecule has 1 saturated heterocycles. The van der Waals surface area contributed by atoms with E-state index in [2.05, 4.69) is 56.8 Å². The van der Waals surface area contributed by atoms with E-state index in [0.29, 0.717) is 6.54 Å². The summed E-state index contributed by atoms with van der Waals surface area (Å²) in [6, 6.07) is 10.4. The lowest BCUT2D eigenvalue weighted by molar-refractivity contribution is 0.147. The Labute approximate surface area is 167 Å². The Balaban J connectivity index is 1.32. The number of aromatic amines is 1.